The number of benzene rings is 2. The molecule has 0 bridgehead atoms. The molecule has 188 valence electrons. The molecule has 2 aromatic carbocycles. The van der Waals surface area contributed by atoms with Crippen LogP contribution in [-0.2, 0) is 11.3 Å². The molecule has 0 aliphatic rings. The second-order valence-corrected chi connectivity index (χ2v) is 8.97. The molecule has 1 N–H and O–H groups in total. The molecule has 0 saturated heterocycles. The number of methoxy groups -OCH3 is 1. The second kappa shape index (κ2) is 10.9. The standard InChI is InChI=1S/C28H30N2O5S/c1-6-30-23-14-13-20(34-7-2)15-21(23)17(4)25(30)26(31)29-27-24(28(32)35-8-3)22(16-36-27)18-9-11-19(33-5)12-10-18/h9-16H,6-8H2,1-5H3,(H,29,31). The highest BCUT2D eigenvalue weighted by molar-refractivity contribution is 7.15. The summed E-state index contributed by atoms with van der Waals surface area (Å²) >= 11 is 1.30. The minimum absolute atomic E-state index is 0.232. The summed E-state index contributed by atoms with van der Waals surface area (Å²) in [5.74, 6) is 0.724. The molecule has 0 fully saturated rings. The predicted octanol–water partition coefficient (Wildman–Crippen LogP) is 6.53. The van der Waals surface area contributed by atoms with E-state index in [4.69, 9.17) is 14.2 Å². The number of aryl methyl sites for hydroxylation is 2. The van der Waals surface area contributed by atoms with Gasteiger partial charge in [-0.25, -0.2) is 4.79 Å². The van der Waals surface area contributed by atoms with Gasteiger partial charge >= 0.3 is 5.97 Å². The fourth-order valence-corrected chi connectivity index (χ4v) is 5.33. The first-order chi connectivity index (χ1) is 17.4. The third-order valence-electron chi connectivity index (χ3n) is 6.03. The van der Waals surface area contributed by atoms with E-state index in [1.54, 1.807) is 14.0 Å². The summed E-state index contributed by atoms with van der Waals surface area (Å²) in [7, 11) is 1.60. The van der Waals surface area contributed by atoms with Gasteiger partial charge in [-0.15, -0.1) is 11.3 Å². The fourth-order valence-electron chi connectivity index (χ4n) is 4.38. The number of nitrogens with zero attached hydrogens (tertiary/aromatic N) is 1. The van der Waals surface area contributed by atoms with Crippen molar-refractivity contribution in [2.45, 2.75) is 34.2 Å². The Balaban J connectivity index is 1.75. The Morgan fingerprint density at radius 3 is 2.36 bits per heavy atom. The van der Waals surface area contributed by atoms with Gasteiger partial charge in [-0.3, -0.25) is 4.79 Å². The molecule has 4 rings (SSSR count). The largest absolute Gasteiger partial charge is 0.497 e. The van der Waals surface area contributed by atoms with Crippen molar-refractivity contribution in [2.75, 3.05) is 25.6 Å². The Hall–Kier alpha value is -3.78. The lowest BCUT2D eigenvalue weighted by Crippen LogP contribution is -2.19. The zero-order valence-electron chi connectivity index (χ0n) is 21.1. The predicted molar refractivity (Wildman–Crippen MR) is 144 cm³/mol. The molecule has 8 heteroatoms. The van der Waals surface area contributed by atoms with Crippen molar-refractivity contribution in [3.8, 4) is 22.6 Å². The van der Waals surface area contributed by atoms with Gasteiger partial charge in [0.1, 0.15) is 27.8 Å². The van der Waals surface area contributed by atoms with Crippen LogP contribution in [0.15, 0.2) is 47.8 Å². The molecule has 4 aromatic rings. The van der Waals surface area contributed by atoms with Crippen molar-refractivity contribution >= 4 is 39.1 Å². The average molecular weight is 507 g/mol. The number of amides is 1. The molecular formula is C28H30N2O5S. The van der Waals surface area contributed by atoms with Gasteiger partial charge in [-0.1, -0.05) is 12.1 Å². The van der Waals surface area contributed by atoms with Crippen molar-refractivity contribution in [3.63, 3.8) is 0 Å². The van der Waals surface area contributed by atoms with Crippen LogP contribution in [0, 0.1) is 6.92 Å². The normalized spacial score (nSPS) is 10.9. The quantitative estimate of drug-likeness (QED) is 0.261. The zero-order chi connectivity index (χ0) is 25.8. The van der Waals surface area contributed by atoms with E-state index in [9.17, 15) is 9.59 Å². The van der Waals surface area contributed by atoms with Crippen LogP contribution in [0.4, 0.5) is 5.00 Å². The summed E-state index contributed by atoms with van der Waals surface area (Å²) in [6.07, 6.45) is 0. The summed E-state index contributed by atoms with van der Waals surface area (Å²) in [6.45, 7) is 9.05. The first kappa shape index (κ1) is 25.3. The van der Waals surface area contributed by atoms with Crippen LogP contribution in [0.2, 0.25) is 0 Å². The summed E-state index contributed by atoms with van der Waals surface area (Å²) in [4.78, 5) is 26.6. The number of thiophene rings is 1. The number of hydrogen-bond donors (Lipinski definition) is 1. The Morgan fingerprint density at radius 1 is 1.00 bits per heavy atom. The van der Waals surface area contributed by atoms with E-state index in [1.165, 1.54) is 11.3 Å². The zero-order valence-corrected chi connectivity index (χ0v) is 22.0. The number of esters is 1. The highest BCUT2D eigenvalue weighted by Gasteiger charge is 2.26. The smallest absolute Gasteiger partial charge is 0.341 e. The number of carbonyl (C=O) groups excluding carboxylic acids is 2. The number of fused-ring (bicyclic) bond motifs is 1. The maximum atomic E-state index is 13.6. The summed E-state index contributed by atoms with van der Waals surface area (Å²) in [6, 6.07) is 13.3. The second-order valence-electron chi connectivity index (χ2n) is 8.09. The minimum Gasteiger partial charge on any atom is -0.497 e. The Kier molecular flexibility index (Phi) is 7.64. The monoisotopic (exact) mass is 506 g/mol. The molecule has 2 aromatic heterocycles. The van der Waals surface area contributed by atoms with E-state index >= 15 is 0 Å². The lowest BCUT2D eigenvalue weighted by Gasteiger charge is -2.11. The van der Waals surface area contributed by atoms with E-state index in [2.05, 4.69) is 5.32 Å². The van der Waals surface area contributed by atoms with Crippen LogP contribution < -0.4 is 14.8 Å². The molecule has 0 atom stereocenters. The number of rotatable bonds is 9. The van der Waals surface area contributed by atoms with Gasteiger partial charge in [-0.05, 0) is 69.2 Å². The molecule has 2 heterocycles. The van der Waals surface area contributed by atoms with Crippen LogP contribution in [0.5, 0.6) is 11.5 Å². The number of aromatic nitrogens is 1. The van der Waals surface area contributed by atoms with E-state index < -0.39 is 5.97 Å². The third kappa shape index (κ3) is 4.68. The van der Waals surface area contributed by atoms with E-state index in [1.807, 2.05) is 73.2 Å². The van der Waals surface area contributed by atoms with E-state index in [0.29, 0.717) is 35.0 Å². The molecule has 0 aliphatic carbocycles. The SMILES string of the molecule is CCOC(=O)c1c(-c2ccc(OC)cc2)csc1NC(=O)c1c(C)c2cc(OCC)ccc2n1CC. The molecule has 0 unspecified atom stereocenters. The number of hydrogen-bond acceptors (Lipinski definition) is 6. The van der Waals surface area contributed by atoms with Crippen LogP contribution in [-0.4, -0.2) is 36.8 Å². The Morgan fingerprint density at radius 2 is 1.72 bits per heavy atom. The maximum Gasteiger partial charge on any atom is 0.341 e. The molecular weight excluding hydrogens is 476 g/mol. The van der Waals surface area contributed by atoms with Gasteiger partial charge in [0.25, 0.3) is 5.91 Å². The topological polar surface area (TPSA) is 78.8 Å². The number of carbonyl (C=O) groups is 2. The highest BCUT2D eigenvalue weighted by Crippen LogP contribution is 2.38. The van der Waals surface area contributed by atoms with E-state index in [0.717, 1.165) is 33.5 Å². The first-order valence-corrected chi connectivity index (χ1v) is 12.8. The Bertz CT molecular complexity index is 1400. The number of nitrogens with one attached hydrogen (secondary N) is 1. The van der Waals surface area contributed by atoms with Crippen LogP contribution >= 0.6 is 11.3 Å². The van der Waals surface area contributed by atoms with Gasteiger partial charge in [0.2, 0.25) is 0 Å². The van der Waals surface area contributed by atoms with Crippen molar-refractivity contribution in [1.82, 2.24) is 4.57 Å². The molecule has 0 spiro atoms. The molecule has 36 heavy (non-hydrogen) atoms. The Labute approximate surface area is 214 Å². The van der Waals surface area contributed by atoms with Gasteiger partial charge in [0.05, 0.1) is 20.3 Å². The maximum absolute atomic E-state index is 13.6. The van der Waals surface area contributed by atoms with Crippen LogP contribution in [0.25, 0.3) is 22.0 Å². The first-order valence-electron chi connectivity index (χ1n) is 11.9. The minimum atomic E-state index is -0.478. The molecule has 7 nitrogen and oxygen atoms in total. The molecule has 0 aliphatic heterocycles. The molecule has 0 saturated carbocycles. The summed E-state index contributed by atoms with van der Waals surface area (Å²) < 4.78 is 18.2. The van der Waals surface area contributed by atoms with Crippen LogP contribution in [0.3, 0.4) is 0 Å². The van der Waals surface area contributed by atoms with Gasteiger partial charge in [0, 0.05) is 28.4 Å². The highest BCUT2D eigenvalue weighted by atomic mass is 32.1. The van der Waals surface area contributed by atoms with Crippen molar-refractivity contribution in [3.05, 3.63) is 64.7 Å². The number of ether oxygens (including phenoxy) is 3. The summed E-state index contributed by atoms with van der Waals surface area (Å²) in [5, 5.41) is 6.27. The van der Waals surface area contributed by atoms with Gasteiger partial charge in [0.15, 0.2) is 0 Å². The van der Waals surface area contributed by atoms with E-state index in [-0.39, 0.29) is 12.5 Å². The molecule has 0 radical (unpaired) electrons. The van der Waals surface area contributed by atoms with Crippen molar-refractivity contribution in [1.29, 1.82) is 0 Å². The number of anilines is 1. The van der Waals surface area contributed by atoms with Crippen LogP contribution in [0.1, 0.15) is 47.2 Å². The van der Waals surface area contributed by atoms with Crippen molar-refractivity contribution < 1.29 is 23.8 Å². The average Bonchev–Trinajstić information content (AvgIpc) is 3.42. The fraction of sp³-hybridized carbons (Fsp3) is 0.286. The third-order valence-corrected chi connectivity index (χ3v) is 6.92. The lowest BCUT2D eigenvalue weighted by atomic mass is 10.0. The molecule has 1 amide bonds. The lowest BCUT2D eigenvalue weighted by molar-refractivity contribution is 0.0529. The van der Waals surface area contributed by atoms with Gasteiger partial charge < -0.3 is 24.1 Å². The van der Waals surface area contributed by atoms with Gasteiger partial charge in [-0.2, -0.15) is 0 Å². The summed E-state index contributed by atoms with van der Waals surface area (Å²) in [5.41, 5.74) is 4.24. The van der Waals surface area contributed by atoms with Crippen molar-refractivity contribution in [2.24, 2.45) is 0 Å².